The van der Waals surface area contributed by atoms with Gasteiger partial charge >= 0.3 is 0 Å². The van der Waals surface area contributed by atoms with Crippen LogP contribution in [0.3, 0.4) is 0 Å². The summed E-state index contributed by atoms with van der Waals surface area (Å²) < 4.78 is 5.63. The van der Waals surface area contributed by atoms with E-state index in [2.05, 4.69) is 6.92 Å². The first-order valence-electron chi connectivity index (χ1n) is 5.95. The molecule has 0 atom stereocenters. The molecule has 0 N–H and O–H groups in total. The topological polar surface area (TPSA) is 26.3 Å². The number of ketones is 1. The van der Waals surface area contributed by atoms with Gasteiger partial charge in [0.05, 0.1) is 6.61 Å². The highest BCUT2D eigenvalue weighted by molar-refractivity contribution is 5.96. The van der Waals surface area contributed by atoms with E-state index in [1.54, 1.807) is 0 Å². The number of carbonyl (C=O) groups excluding carboxylic acids is 1. The van der Waals surface area contributed by atoms with Crippen LogP contribution in [0.2, 0.25) is 0 Å². The highest BCUT2D eigenvalue weighted by Gasteiger charge is 2.06. The van der Waals surface area contributed by atoms with Gasteiger partial charge in [-0.05, 0) is 37.1 Å². The Kier molecular flexibility index (Phi) is 5.03. The first-order valence-corrected chi connectivity index (χ1v) is 5.95. The zero-order chi connectivity index (χ0) is 12.0. The number of hydrogen-bond acceptors (Lipinski definition) is 2. The van der Waals surface area contributed by atoms with Crippen LogP contribution in [0.15, 0.2) is 18.2 Å². The maximum atomic E-state index is 11.5. The van der Waals surface area contributed by atoms with Crippen LogP contribution in [0, 0.1) is 6.92 Å². The summed E-state index contributed by atoms with van der Waals surface area (Å²) in [5, 5.41) is 0. The molecule has 0 aliphatic rings. The highest BCUT2D eigenvalue weighted by atomic mass is 16.5. The minimum absolute atomic E-state index is 0.184. The maximum Gasteiger partial charge on any atom is 0.162 e. The van der Waals surface area contributed by atoms with E-state index in [-0.39, 0.29) is 5.78 Å². The van der Waals surface area contributed by atoms with Gasteiger partial charge in [0.15, 0.2) is 5.78 Å². The van der Waals surface area contributed by atoms with Crippen molar-refractivity contribution in [3.8, 4) is 5.75 Å². The Balaban J connectivity index is 2.71. The monoisotopic (exact) mass is 220 g/mol. The minimum Gasteiger partial charge on any atom is -0.493 e. The summed E-state index contributed by atoms with van der Waals surface area (Å²) in [6, 6.07) is 5.65. The molecule has 2 nitrogen and oxygen atoms in total. The Labute approximate surface area is 97.6 Å². The number of unbranched alkanes of at least 4 members (excludes halogenated alkanes) is 1. The van der Waals surface area contributed by atoms with Gasteiger partial charge in [0, 0.05) is 12.0 Å². The number of ether oxygens (including phenoxy) is 1. The number of Topliss-reactive ketones (excluding diaryl/α,β-unsaturated/α-hetero) is 1. The van der Waals surface area contributed by atoms with E-state index in [1.807, 2.05) is 32.0 Å². The summed E-state index contributed by atoms with van der Waals surface area (Å²) >= 11 is 0. The Morgan fingerprint density at radius 3 is 2.62 bits per heavy atom. The largest absolute Gasteiger partial charge is 0.493 e. The minimum atomic E-state index is 0.184. The summed E-state index contributed by atoms with van der Waals surface area (Å²) in [7, 11) is 0. The average molecular weight is 220 g/mol. The Hall–Kier alpha value is -1.31. The number of benzene rings is 1. The van der Waals surface area contributed by atoms with E-state index >= 15 is 0 Å². The highest BCUT2D eigenvalue weighted by Crippen LogP contribution is 2.20. The van der Waals surface area contributed by atoms with Crippen molar-refractivity contribution in [2.75, 3.05) is 6.61 Å². The predicted octanol–water partition coefficient (Wildman–Crippen LogP) is 3.77. The van der Waals surface area contributed by atoms with Gasteiger partial charge < -0.3 is 4.74 Å². The SMILES string of the molecule is CCCCOc1ccc(C(=O)CC)cc1C. The molecule has 1 aromatic rings. The molecule has 1 aromatic carbocycles. The van der Waals surface area contributed by atoms with Crippen LogP contribution in [0.5, 0.6) is 5.75 Å². The van der Waals surface area contributed by atoms with E-state index in [1.165, 1.54) is 0 Å². The fraction of sp³-hybridized carbons (Fsp3) is 0.500. The normalized spacial score (nSPS) is 10.2. The van der Waals surface area contributed by atoms with Gasteiger partial charge in [-0.25, -0.2) is 0 Å². The molecule has 0 aromatic heterocycles. The van der Waals surface area contributed by atoms with Crippen molar-refractivity contribution in [1.29, 1.82) is 0 Å². The van der Waals surface area contributed by atoms with Crippen LogP contribution in [0.25, 0.3) is 0 Å². The van der Waals surface area contributed by atoms with E-state index in [4.69, 9.17) is 4.74 Å². The third-order valence-corrected chi connectivity index (χ3v) is 2.57. The van der Waals surface area contributed by atoms with Crippen molar-refractivity contribution in [1.82, 2.24) is 0 Å². The quantitative estimate of drug-likeness (QED) is 0.539. The van der Waals surface area contributed by atoms with Crippen molar-refractivity contribution in [2.45, 2.75) is 40.0 Å². The molecule has 0 saturated carbocycles. The lowest BCUT2D eigenvalue weighted by molar-refractivity contribution is 0.0988. The summed E-state index contributed by atoms with van der Waals surface area (Å²) in [5.41, 5.74) is 1.82. The lowest BCUT2D eigenvalue weighted by atomic mass is 10.1. The number of rotatable bonds is 6. The van der Waals surface area contributed by atoms with Crippen LogP contribution in [-0.2, 0) is 0 Å². The number of aryl methyl sites for hydroxylation is 1. The molecule has 0 aliphatic carbocycles. The summed E-state index contributed by atoms with van der Waals surface area (Å²) in [6.45, 7) is 6.74. The lowest BCUT2D eigenvalue weighted by Crippen LogP contribution is -2.01. The predicted molar refractivity (Wildman–Crippen MR) is 66.2 cm³/mol. The fourth-order valence-corrected chi connectivity index (χ4v) is 1.52. The van der Waals surface area contributed by atoms with Crippen LogP contribution in [0.4, 0.5) is 0 Å². The Morgan fingerprint density at radius 1 is 1.31 bits per heavy atom. The molecular weight excluding hydrogens is 200 g/mol. The van der Waals surface area contributed by atoms with Gasteiger partial charge in [-0.2, -0.15) is 0 Å². The molecule has 0 radical (unpaired) electrons. The number of carbonyl (C=O) groups is 1. The molecule has 0 unspecified atom stereocenters. The molecule has 2 heteroatoms. The lowest BCUT2D eigenvalue weighted by Gasteiger charge is -2.09. The van der Waals surface area contributed by atoms with Crippen LogP contribution < -0.4 is 4.74 Å². The standard InChI is InChI=1S/C14H20O2/c1-4-6-9-16-14-8-7-12(10-11(14)3)13(15)5-2/h7-8,10H,4-6,9H2,1-3H3. The second-order valence-electron chi connectivity index (χ2n) is 3.96. The molecule has 16 heavy (non-hydrogen) atoms. The Bertz CT molecular complexity index is 356. The van der Waals surface area contributed by atoms with Crippen molar-refractivity contribution in [2.24, 2.45) is 0 Å². The molecule has 0 spiro atoms. The Morgan fingerprint density at radius 2 is 2.06 bits per heavy atom. The molecule has 0 fully saturated rings. The molecule has 1 rings (SSSR count). The van der Waals surface area contributed by atoms with Gasteiger partial charge in [-0.1, -0.05) is 20.3 Å². The molecule has 0 saturated heterocycles. The smallest absolute Gasteiger partial charge is 0.162 e. The summed E-state index contributed by atoms with van der Waals surface area (Å²) in [4.78, 5) is 11.5. The second-order valence-corrected chi connectivity index (χ2v) is 3.96. The molecule has 0 amide bonds. The van der Waals surface area contributed by atoms with E-state index in [0.29, 0.717) is 6.42 Å². The van der Waals surface area contributed by atoms with Crippen LogP contribution >= 0.6 is 0 Å². The van der Waals surface area contributed by atoms with Crippen molar-refractivity contribution in [3.63, 3.8) is 0 Å². The van der Waals surface area contributed by atoms with Crippen LogP contribution in [0.1, 0.15) is 49.0 Å². The van der Waals surface area contributed by atoms with Gasteiger partial charge in [-0.3, -0.25) is 4.79 Å². The first kappa shape index (κ1) is 12.8. The third-order valence-electron chi connectivity index (χ3n) is 2.57. The number of hydrogen-bond donors (Lipinski definition) is 0. The van der Waals surface area contributed by atoms with Crippen LogP contribution in [-0.4, -0.2) is 12.4 Å². The third kappa shape index (κ3) is 3.37. The van der Waals surface area contributed by atoms with E-state index in [9.17, 15) is 4.79 Å². The zero-order valence-electron chi connectivity index (χ0n) is 10.4. The van der Waals surface area contributed by atoms with Gasteiger partial charge in [-0.15, -0.1) is 0 Å². The molecule has 0 bridgehead atoms. The molecular formula is C14H20O2. The second kappa shape index (κ2) is 6.31. The van der Waals surface area contributed by atoms with Crippen molar-refractivity contribution >= 4 is 5.78 Å². The van der Waals surface area contributed by atoms with E-state index < -0.39 is 0 Å². The zero-order valence-corrected chi connectivity index (χ0v) is 10.4. The maximum absolute atomic E-state index is 11.5. The van der Waals surface area contributed by atoms with Gasteiger partial charge in [0.2, 0.25) is 0 Å². The van der Waals surface area contributed by atoms with Gasteiger partial charge in [0.25, 0.3) is 0 Å². The molecule has 0 heterocycles. The fourth-order valence-electron chi connectivity index (χ4n) is 1.52. The van der Waals surface area contributed by atoms with Crippen molar-refractivity contribution < 1.29 is 9.53 Å². The van der Waals surface area contributed by atoms with E-state index in [0.717, 1.165) is 36.3 Å². The molecule has 88 valence electrons. The van der Waals surface area contributed by atoms with Gasteiger partial charge in [0.1, 0.15) is 5.75 Å². The first-order chi connectivity index (χ1) is 7.69. The summed E-state index contributed by atoms with van der Waals surface area (Å²) in [5.74, 6) is 1.07. The van der Waals surface area contributed by atoms with Crippen molar-refractivity contribution in [3.05, 3.63) is 29.3 Å². The molecule has 0 aliphatic heterocycles. The summed E-state index contributed by atoms with van der Waals surface area (Å²) in [6.07, 6.45) is 2.75. The average Bonchev–Trinajstić information content (AvgIpc) is 2.30.